The molecule has 2 nitrogen and oxygen atoms in total. The number of fused-ring (bicyclic) bond motifs is 5. The fourth-order valence-corrected chi connectivity index (χ4v) is 4.98. The Hall–Kier alpha value is -0.660. The number of carbonyl (C=O) groups is 2. The van der Waals surface area contributed by atoms with Crippen LogP contribution >= 0.6 is 0 Å². The topological polar surface area (TPSA) is 34.1 Å². The maximum atomic E-state index is 12.1. The largest absolute Gasteiger partial charge is 0.299 e. The number of Topliss-reactive ketones (excluding diaryl/α,β-unsaturated/α-hetero) is 2. The molecule has 0 saturated heterocycles. The molecule has 3 rings (SSSR count). The van der Waals surface area contributed by atoms with Crippen LogP contribution in [0.1, 0.15) is 40.0 Å². The smallest absolute Gasteiger partial charge is 0.139 e. The third kappa shape index (κ3) is 0.799. The van der Waals surface area contributed by atoms with Gasteiger partial charge in [-0.15, -0.1) is 0 Å². The van der Waals surface area contributed by atoms with Crippen molar-refractivity contribution >= 4 is 11.6 Å². The zero-order chi connectivity index (χ0) is 11.0. The van der Waals surface area contributed by atoms with Crippen molar-refractivity contribution in [1.82, 2.24) is 0 Å². The van der Waals surface area contributed by atoms with E-state index in [0.29, 0.717) is 36.2 Å². The van der Waals surface area contributed by atoms with Crippen LogP contribution < -0.4 is 0 Å². The molecule has 0 N–H and O–H groups in total. The molecule has 0 unspecified atom stereocenters. The Morgan fingerprint density at radius 3 is 2.53 bits per heavy atom. The molecular formula is C13H18O2. The third-order valence-corrected chi connectivity index (χ3v) is 5.63. The van der Waals surface area contributed by atoms with E-state index in [0.717, 1.165) is 6.42 Å². The van der Waals surface area contributed by atoms with Crippen LogP contribution in [-0.2, 0) is 9.59 Å². The van der Waals surface area contributed by atoms with E-state index in [4.69, 9.17) is 0 Å². The van der Waals surface area contributed by atoms with Gasteiger partial charge in [0.1, 0.15) is 11.6 Å². The Balaban J connectivity index is 2.16. The summed E-state index contributed by atoms with van der Waals surface area (Å²) in [5, 5.41) is 0. The summed E-state index contributed by atoms with van der Waals surface area (Å²) in [7, 11) is 0. The fraction of sp³-hybridized carbons (Fsp3) is 0.846. The van der Waals surface area contributed by atoms with Crippen LogP contribution in [0.25, 0.3) is 0 Å². The zero-order valence-electron chi connectivity index (χ0n) is 9.67. The second-order valence-electron chi connectivity index (χ2n) is 6.37. The molecule has 2 bridgehead atoms. The van der Waals surface area contributed by atoms with E-state index < -0.39 is 0 Å². The third-order valence-electron chi connectivity index (χ3n) is 5.63. The maximum Gasteiger partial charge on any atom is 0.139 e. The minimum atomic E-state index is -0.165. The van der Waals surface area contributed by atoms with Gasteiger partial charge in [-0.25, -0.2) is 0 Å². The van der Waals surface area contributed by atoms with Crippen LogP contribution in [-0.4, -0.2) is 11.6 Å². The molecule has 3 aliphatic carbocycles. The number of hydrogen-bond acceptors (Lipinski definition) is 2. The molecule has 82 valence electrons. The second-order valence-corrected chi connectivity index (χ2v) is 6.37. The monoisotopic (exact) mass is 206 g/mol. The first-order valence-corrected chi connectivity index (χ1v) is 5.96. The summed E-state index contributed by atoms with van der Waals surface area (Å²) in [4.78, 5) is 24.0. The molecule has 0 spiro atoms. The Labute approximate surface area is 90.4 Å². The van der Waals surface area contributed by atoms with Crippen molar-refractivity contribution in [3.8, 4) is 0 Å². The van der Waals surface area contributed by atoms with Crippen LogP contribution in [0, 0.1) is 28.6 Å². The van der Waals surface area contributed by atoms with E-state index in [2.05, 4.69) is 20.8 Å². The molecule has 3 saturated carbocycles. The van der Waals surface area contributed by atoms with Gasteiger partial charge in [0.15, 0.2) is 0 Å². The van der Waals surface area contributed by atoms with Crippen molar-refractivity contribution in [3.63, 3.8) is 0 Å². The van der Waals surface area contributed by atoms with Gasteiger partial charge >= 0.3 is 0 Å². The van der Waals surface area contributed by atoms with Crippen LogP contribution in [0.5, 0.6) is 0 Å². The van der Waals surface area contributed by atoms with Crippen molar-refractivity contribution in [2.75, 3.05) is 0 Å². The quantitative estimate of drug-likeness (QED) is 0.609. The van der Waals surface area contributed by atoms with Crippen LogP contribution in [0.4, 0.5) is 0 Å². The van der Waals surface area contributed by atoms with Crippen LogP contribution in [0.2, 0.25) is 0 Å². The van der Waals surface area contributed by atoms with E-state index in [9.17, 15) is 9.59 Å². The molecule has 15 heavy (non-hydrogen) atoms. The lowest BCUT2D eigenvalue weighted by Gasteiger charge is -2.34. The van der Waals surface area contributed by atoms with Gasteiger partial charge in [0, 0.05) is 24.2 Å². The van der Waals surface area contributed by atoms with Crippen molar-refractivity contribution < 1.29 is 9.59 Å². The number of rotatable bonds is 0. The zero-order valence-corrected chi connectivity index (χ0v) is 9.67. The van der Waals surface area contributed by atoms with Crippen molar-refractivity contribution in [2.45, 2.75) is 40.0 Å². The first-order valence-electron chi connectivity index (χ1n) is 5.96. The second kappa shape index (κ2) is 2.36. The van der Waals surface area contributed by atoms with Gasteiger partial charge in [0.2, 0.25) is 0 Å². The lowest BCUT2D eigenvalue weighted by atomic mass is 9.68. The van der Waals surface area contributed by atoms with Crippen molar-refractivity contribution in [1.29, 1.82) is 0 Å². The Bertz CT molecular complexity index is 369. The molecule has 2 heteroatoms. The predicted octanol–water partition coefficient (Wildman–Crippen LogP) is 2.22. The summed E-state index contributed by atoms with van der Waals surface area (Å²) in [6, 6.07) is 0. The first-order chi connectivity index (χ1) is 6.90. The van der Waals surface area contributed by atoms with Gasteiger partial charge in [0.25, 0.3) is 0 Å². The van der Waals surface area contributed by atoms with Gasteiger partial charge in [-0.05, 0) is 23.7 Å². The Morgan fingerprint density at radius 2 is 1.87 bits per heavy atom. The average molecular weight is 206 g/mol. The molecule has 4 atom stereocenters. The van der Waals surface area contributed by atoms with E-state index in [1.54, 1.807) is 0 Å². The van der Waals surface area contributed by atoms with Gasteiger partial charge in [-0.2, -0.15) is 0 Å². The van der Waals surface area contributed by atoms with Crippen LogP contribution in [0.15, 0.2) is 0 Å². The minimum absolute atomic E-state index is 0.0621. The number of carbonyl (C=O) groups excluding carboxylic acids is 2. The molecule has 0 aliphatic heterocycles. The molecule has 0 aromatic rings. The summed E-state index contributed by atoms with van der Waals surface area (Å²) in [6.07, 6.45) is 2.31. The van der Waals surface area contributed by atoms with Crippen molar-refractivity contribution in [3.05, 3.63) is 0 Å². The summed E-state index contributed by atoms with van der Waals surface area (Å²) in [5.41, 5.74) is -0.103. The number of hydrogen-bond donors (Lipinski definition) is 0. The summed E-state index contributed by atoms with van der Waals surface area (Å²) < 4.78 is 0. The molecular weight excluding hydrogens is 188 g/mol. The normalized spacial score (nSPS) is 51.3. The standard InChI is InChI=1S/C13H18O2/c1-12(2)9-6-8(14)11(12)7-4-5-10(15)13(7,9)3/h7,9,11H,4-6H2,1-3H3/t7-,9+,11-,13-/m1/s1. The lowest BCUT2D eigenvalue weighted by molar-refractivity contribution is -0.132. The van der Waals surface area contributed by atoms with Gasteiger partial charge in [0.05, 0.1) is 0 Å². The van der Waals surface area contributed by atoms with Crippen LogP contribution in [0.3, 0.4) is 0 Å². The molecule has 0 radical (unpaired) electrons. The molecule has 3 aliphatic rings. The van der Waals surface area contributed by atoms with E-state index >= 15 is 0 Å². The Morgan fingerprint density at radius 1 is 1.20 bits per heavy atom. The fourth-order valence-electron chi connectivity index (χ4n) is 4.98. The average Bonchev–Trinajstić information content (AvgIpc) is 2.60. The highest BCUT2D eigenvalue weighted by Crippen LogP contribution is 2.70. The highest BCUT2D eigenvalue weighted by Gasteiger charge is 2.71. The van der Waals surface area contributed by atoms with Gasteiger partial charge in [-0.3, -0.25) is 9.59 Å². The summed E-state index contributed by atoms with van der Waals surface area (Å²) in [5.74, 6) is 1.66. The molecule has 3 fully saturated rings. The molecule has 0 aromatic carbocycles. The van der Waals surface area contributed by atoms with Gasteiger partial charge < -0.3 is 0 Å². The SMILES string of the molecule is CC1(C)[C@H]2C(=O)C[C@@H]1[C@]1(C)C(=O)CC[C@H]21. The minimum Gasteiger partial charge on any atom is -0.299 e. The van der Waals surface area contributed by atoms with Gasteiger partial charge in [-0.1, -0.05) is 20.8 Å². The molecule has 0 heterocycles. The highest BCUT2D eigenvalue weighted by atomic mass is 16.1. The van der Waals surface area contributed by atoms with E-state index in [-0.39, 0.29) is 16.7 Å². The predicted molar refractivity (Wildman–Crippen MR) is 56.2 cm³/mol. The highest BCUT2D eigenvalue weighted by molar-refractivity contribution is 5.95. The molecule has 0 aromatic heterocycles. The Kier molecular flexibility index (Phi) is 1.50. The summed E-state index contributed by atoms with van der Waals surface area (Å²) in [6.45, 7) is 6.49. The van der Waals surface area contributed by atoms with E-state index in [1.165, 1.54) is 0 Å². The first kappa shape index (κ1) is 9.56. The van der Waals surface area contributed by atoms with Crippen molar-refractivity contribution in [2.24, 2.45) is 28.6 Å². The maximum absolute atomic E-state index is 12.1. The summed E-state index contributed by atoms with van der Waals surface area (Å²) >= 11 is 0. The number of ketones is 2. The van der Waals surface area contributed by atoms with E-state index in [1.807, 2.05) is 0 Å². The molecule has 0 amide bonds. The lowest BCUT2D eigenvalue weighted by Crippen LogP contribution is -2.38.